The van der Waals surface area contributed by atoms with Crippen LogP contribution in [-0.4, -0.2) is 56.2 Å². The Hall–Kier alpha value is -2.99. The van der Waals surface area contributed by atoms with E-state index in [9.17, 15) is 10.1 Å². The van der Waals surface area contributed by atoms with Crippen LogP contribution < -0.4 is 4.90 Å². The highest BCUT2D eigenvalue weighted by molar-refractivity contribution is 7.98. The van der Waals surface area contributed by atoms with Gasteiger partial charge in [-0.3, -0.25) is 14.7 Å². The minimum atomic E-state index is -0.446. The van der Waals surface area contributed by atoms with E-state index in [1.165, 1.54) is 23.9 Å². The van der Waals surface area contributed by atoms with Crippen molar-refractivity contribution in [2.24, 2.45) is 5.92 Å². The van der Waals surface area contributed by atoms with Crippen LogP contribution in [0.15, 0.2) is 33.8 Å². The molecular weight excluding hydrogens is 422 g/mol. The first-order valence-electron chi connectivity index (χ1n) is 9.97. The molecule has 164 valence electrons. The van der Waals surface area contributed by atoms with E-state index in [4.69, 9.17) is 9.15 Å². The van der Waals surface area contributed by atoms with Crippen LogP contribution in [0.4, 0.5) is 11.6 Å². The molecule has 1 fully saturated rings. The SMILES string of the molecule is CC(C)Cn1c(SCc2nnc(-c3ccc([N+](=O)[O-])cc3)o2)nnc1N1CCOCC1. The molecule has 4 rings (SSSR count). The fraction of sp³-hybridized carbons (Fsp3) is 0.474. The van der Waals surface area contributed by atoms with Gasteiger partial charge in [-0.25, -0.2) is 0 Å². The summed E-state index contributed by atoms with van der Waals surface area (Å²) in [6, 6.07) is 6.01. The van der Waals surface area contributed by atoms with Gasteiger partial charge in [0.25, 0.3) is 5.69 Å². The molecule has 0 bridgehead atoms. The number of anilines is 1. The number of hydrogen-bond donors (Lipinski definition) is 0. The highest BCUT2D eigenvalue weighted by Crippen LogP contribution is 2.28. The molecule has 3 aromatic rings. The minimum absolute atomic E-state index is 0.0135. The summed E-state index contributed by atoms with van der Waals surface area (Å²) in [7, 11) is 0. The summed E-state index contributed by atoms with van der Waals surface area (Å²) in [5, 5.41) is 28.6. The van der Waals surface area contributed by atoms with Crippen molar-refractivity contribution in [3.8, 4) is 11.5 Å². The molecule has 0 amide bonds. The number of benzene rings is 1. The Morgan fingerprint density at radius 2 is 1.87 bits per heavy atom. The zero-order valence-electron chi connectivity index (χ0n) is 17.3. The third-order valence-electron chi connectivity index (χ3n) is 4.66. The average molecular weight is 446 g/mol. The first-order chi connectivity index (χ1) is 15.0. The maximum absolute atomic E-state index is 10.8. The molecule has 0 N–H and O–H groups in total. The lowest BCUT2D eigenvalue weighted by Gasteiger charge is -2.28. The Labute approximate surface area is 183 Å². The van der Waals surface area contributed by atoms with Crippen LogP contribution in [0.1, 0.15) is 19.7 Å². The van der Waals surface area contributed by atoms with Gasteiger partial charge in [-0.2, -0.15) is 0 Å². The standard InChI is InChI=1S/C19H23N7O4S/c1-13(2)11-25-18(24-7-9-29-10-8-24)22-23-19(25)31-12-16-20-21-17(30-16)14-3-5-15(6-4-14)26(27)28/h3-6,13H,7-12H2,1-2H3. The first kappa shape index (κ1) is 21.2. The summed E-state index contributed by atoms with van der Waals surface area (Å²) in [6.07, 6.45) is 0. The summed E-state index contributed by atoms with van der Waals surface area (Å²) < 4.78 is 13.3. The Morgan fingerprint density at radius 3 is 2.55 bits per heavy atom. The highest BCUT2D eigenvalue weighted by atomic mass is 32.2. The van der Waals surface area contributed by atoms with Crippen LogP contribution in [0.25, 0.3) is 11.5 Å². The number of thioether (sulfide) groups is 1. The van der Waals surface area contributed by atoms with Gasteiger partial charge in [0.2, 0.25) is 17.7 Å². The van der Waals surface area contributed by atoms with Crippen LogP contribution in [-0.2, 0) is 17.0 Å². The normalized spacial score (nSPS) is 14.4. The Bertz CT molecular complexity index is 1030. The second-order valence-electron chi connectivity index (χ2n) is 7.48. The average Bonchev–Trinajstić information content (AvgIpc) is 3.40. The number of aromatic nitrogens is 5. The Balaban J connectivity index is 1.46. The molecule has 0 radical (unpaired) electrons. The number of nitro groups is 1. The van der Waals surface area contributed by atoms with Crippen molar-refractivity contribution >= 4 is 23.4 Å². The summed E-state index contributed by atoms with van der Waals surface area (Å²) in [6.45, 7) is 8.08. The van der Waals surface area contributed by atoms with E-state index in [1.54, 1.807) is 12.1 Å². The van der Waals surface area contributed by atoms with Crippen molar-refractivity contribution in [2.75, 3.05) is 31.2 Å². The molecule has 1 saturated heterocycles. The molecule has 0 spiro atoms. The summed E-state index contributed by atoms with van der Waals surface area (Å²) in [4.78, 5) is 12.5. The predicted octanol–water partition coefficient (Wildman–Crippen LogP) is 3.02. The van der Waals surface area contributed by atoms with E-state index in [-0.39, 0.29) is 5.69 Å². The van der Waals surface area contributed by atoms with Crippen LogP contribution in [0, 0.1) is 16.0 Å². The van der Waals surface area contributed by atoms with Crippen LogP contribution in [0.5, 0.6) is 0 Å². The third-order valence-corrected chi connectivity index (χ3v) is 5.61. The molecule has 0 atom stereocenters. The van der Waals surface area contributed by atoms with Crippen molar-refractivity contribution in [1.29, 1.82) is 0 Å². The summed E-state index contributed by atoms with van der Waals surface area (Å²) in [5.41, 5.74) is 0.645. The smallest absolute Gasteiger partial charge is 0.269 e. The van der Waals surface area contributed by atoms with E-state index in [0.29, 0.717) is 42.2 Å². The van der Waals surface area contributed by atoms with E-state index < -0.39 is 4.92 Å². The van der Waals surface area contributed by atoms with Gasteiger partial charge in [-0.05, 0) is 18.1 Å². The van der Waals surface area contributed by atoms with Gasteiger partial charge in [-0.15, -0.1) is 20.4 Å². The number of nitrogens with zero attached hydrogens (tertiary/aromatic N) is 7. The molecule has 12 heteroatoms. The number of rotatable bonds is 8. The molecule has 3 heterocycles. The molecular formula is C19H23N7O4S. The first-order valence-corrected chi connectivity index (χ1v) is 11.0. The van der Waals surface area contributed by atoms with Crippen molar-refractivity contribution in [3.63, 3.8) is 0 Å². The lowest BCUT2D eigenvalue weighted by Crippen LogP contribution is -2.38. The topological polar surface area (TPSA) is 125 Å². The maximum Gasteiger partial charge on any atom is 0.269 e. The van der Waals surface area contributed by atoms with E-state index in [0.717, 1.165) is 30.7 Å². The molecule has 0 unspecified atom stereocenters. The Kier molecular flexibility index (Phi) is 6.47. The largest absolute Gasteiger partial charge is 0.420 e. The molecule has 1 aliphatic heterocycles. The second-order valence-corrected chi connectivity index (χ2v) is 8.42. The van der Waals surface area contributed by atoms with Crippen LogP contribution in [0.2, 0.25) is 0 Å². The van der Waals surface area contributed by atoms with E-state index >= 15 is 0 Å². The maximum atomic E-state index is 10.8. The van der Waals surface area contributed by atoms with Crippen LogP contribution >= 0.6 is 11.8 Å². The van der Waals surface area contributed by atoms with Gasteiger partial charge in [0, 0.05) is 37.3 Å². The monoisotopic (exact) mass is 445 g/mol. The van der Waals surface area contributed by atoms with Crippen molar-refractivity contribution < 1.29 is 14.1 Å². The van der Waals surface area contributed by atoms with Gasteiger partial charge in [0.15, 0.2) is 5.16 Å². The van der Waals surface area contributed by atoms with Gasteiger partial charge in [0.05, 0.1) is 23.9 Å². The number of non-ortho nitro benzene ring substituents is 1. The highest BCUT2D eigenvalue weighted by Gasteiger charge is 2.22. The number of nitro benzene ring substituents is 1. The van der Waals surface area contributed by atoms with Crippen LogP contribution in [0.3, 0.4) is 0 Å². The van der Waals surface area contributed by atoms with E-state index in [2.05, 4.69) is 43.7 Å². The van der Waals surface area contributed by atoms with Crippen molar-refractivity contribution in [2.45, 2.75) is 31.3 Å². The number of morpholine rings is 1. The molecule has 1 aromatic carbocycles. The fourth-order valence-corrected chi connectivity index (χ4v) is 3.97. The molecule has 1 aliphatic rings. The second kappa shape index (κ2) is 9.43. The summed E-state index contributed by atoms with van der Waals surface area (Å²) in [5.74, 6) is 2.51. The van der Waals surface area contributed by atoms with E-state index in [1.807, 2.05) is 0 Å². The molecule has 2 aromatic heterocycles. The lowest BCUT2D eigenvalue weighted by molar-refractivity contribution is -0.384. The zero-order chi connectivity index (χ0) is 21.8. The molecule has 0 saturated carbocycles. The third kappa shape index (κ3) is 5.02. The molecule has 11 nitrogen and oxygen atoms in total. The minimum Gasteiger partial charge on any atom is -0.420 e. The van der Waals surface area contributed by atoms with Gasteiger partial charge < -0.3 is 14.1 Å². The predicted molar refractivity (Wildman–Crippen MR) is 114 cm³/mol. The molecule has 31 heavy (non-hydrogen) atoms. The zero-order valence-corrected chi connectivity index (χ0v) is 18.1. The van der Waals surface area contributed by atoms with Gasteiger partial charge in [-0.1, -0.05) is 25.6 Å². The Morgan fingerprint density at radius 1 is 1.13 bits per heavy atom. The molecule has 0 aliphatic carbocycles. The quantitative estimate of drug-likeness (QED) is 0.290. The van der Waals surface area contributed by atoms with Crippen molar-refractivity contribution in [3.05, 3.63) is 40.3 Å². The number of ether oxygens (including phenoxy) is 1. The summed E-state index contributed by atoms with van der Waals surface area (Å²) >= 11 is 1.49. The van der Waals surface area contributed by atoms with Crippen molar-refractivity contribution in [1.82, 2.24) is 25.0 Å². The lowest BCUT2D eigenvalue weighted by atomic mass is 10.2. The van der Waals surface area contributed by atoms with Gasteiger partial charge >= 0.3 is 0 Å². The fourth-order valence-electron chi connectivity index (χ4n) is 3.19. The number of hydrogen-bond acceptors (Lipinski definition) is 10. The van der Waals surface area contributed by atoms with Gasteiger partial charge in [0.1, 0.15) is 0 Å².